The third-order valence-electron chi connectivity index (χ3n) is 3.80. The van der Waals surface area contributed by atoms with Crippen LogP contribution in [-0.2, 0) is 4.79 Å². The first-order chi connectivity index (χ1) is 10.1. The van der Waals surface area contributed by atoms with E-state index >= 15 is 0 Å². The van der Waals surface area contributed by atoms with Gasteiger partial charge in [0.15, 0.2) is 0 Å². The zero-order valence-corrected chi connectivity index (χ0v) is 12.3. The summed E-state index contributed by atoms with van der Waals surface area (Å²) < 4.78 is 0. The molecule has 0 aliphatic heterocycles. The van der Waals surface area contributed by atoms with Gasteiger partial charge in [-0.2, -0.15) is 0 Å². The number of nitrogens with one attached hydrogen (secondary N) is 2. The molecule has 1 aromatic carbocycles. The fraction of sp³-hybridized carbons (Fsp3) is 0.500. The van der Waals surface area contributed by atoms with Gasteiger partial charge in [-0.1, -0.05) is 30.5 Å². The summed E-state index contributed by atoms with van der Waals surface area (Å²) in [6.07, 6.45) is 3.05. The molecule has 21 heavy (non-hydrogen) atoms. The van der Waals surface area contributed by atoms with E-state index in [2.05, 4.69) is 10.6 Å². The standard InChI is InChI=1S/C16H22N2O3/c1-11-6-8-12(9-7-11)16(21)17-10-15(20)18-13-4-2-3-5-14(13)19/h6-9,13-14,19H,2-5,10H2,1H3,(H,17,21)(H,18,20). The highest BCUT2D eigenvalue weighted by Gasteiger charge is 2.24. The van der Waals surface area contributed by atoms with E-state index in [-0.39, 0.29) is 24.4 Å². The summed E-state index contributed by atoms with van der Waals surface area (Å²) in [5.41, 5.74) is 1.61. The molecular weight excluding hydrogens is 268 g/mol. The van der Waals surface area contributed by atoms with Gasteiger partial charge >= 0.3 is 0 Å². The molecule has 2 atom stereocenters. The lowest BCUT2D eigenvalue weighted by atomic mass is 9.92. The summed E-state index contributed by atoms with van der Waals surface area (Å²) in [4.78, 5) is 23.7. The molecule has 3 N–H and O–H groups in total. The molecule has 0 saturated heterocycles. The first-order valence-corrected chi connectivity index (χ1v) is 7.38. The van der Waals surface area contributed by atoms with Gasteiger partial charge in [0.25, 0.3) is 5.91 Å². The highest BCUT2D eigenvalue weighted by molar-refractivity contribution is 5.96. The normalized spacial score (nSPS) is 21.6. The molecule has 0 bridgehead atoms. The summed E-state index contributed by atoms with van der Waals surface area (Å²) in [5.74, 6) is -0.532. The van der Waals surface area contributed by atoms with Crippen molar-refractivity contribution in [3.8, 4) is 0 Å². The smallest absolute Gasteiger partial charge is 0.251 e. The van der Waals surface area contributed by atoms with E-state index < -0.39 is 6.10 Å². The van der Waals surface area contributed by atoms with Gasteiger partial charge in [0.2, 0.25) is 5.91 Å². The highest BCUT2D eigenvalue weighted by Crippen LogP contribution is 2.18. The van der Waals surface area contributed by atoms with E-state index in [4.69, 9.17) is 0 Å². The second-order valence-electron chi connectivity index (χ2n) is 5.57. The minimum atomic E-state index is -0.476. The third-order valence-corrected chi connectivity index (χ3v) is 3.80. The largest absolute Gasteiger partial charge is 0.391 e. The second-order valence-corrected chi connectivity index (χ2v) is 5.57. The van der Waals surface area contributed by atoms with Crippen molar-refractivity contribution in [1.29, 1.82) is 0 Å². The van der Waals surface area contributed by atoms with Crippen molar-refractivity contribution >= 4 is 11.8 Å². The van der Waals surface area contributed by atoms with Crippen molar-refractivity contribution in [2.45, 2.75) is 44.8 Å². The number of carbonyl (C=O) groups is 2. The molecule has 1 aliphatic carbocycles. The van der Waals surface area contributed by atoms with Crippen LogP contribution >= 0.6 is 0 Å². The Kier molecular flexibility index (Phi) is 5.33. The van der Waals surface area contributed by atoms with Gasteiger partial charge in [-0.05, 0) is 31.9 Å². The van der Waals surface area contributed by atoms with Crippen molar-refractivity contribution in [2.75, 3.05) is 6.54 Å². The third kappa shape index (κ3) is 4.56. The summed E-state index contributed by atoms with van der Waals surface area (Å²) in [5, 5.41) is 15.2. The Labute approximate surface area is 124 Å². The number of benzene rings is 1. The lowest BCUT2D eigenvalue weighted by molar-refractivity contribution is -0.122. The van der Waals surface area contributed by atoms with Crippen LogP contribution in [0, 0.1) is 6.92 Å². The maximum atomic E-state index is 11.9. The quantitative estimate of drug-likeness (QED) is 0.778. The maximum Gasteiger partial charge on any atom is 0.251 e. The average Bonchev–Trinajstić information content (AvgIpc) is 2.48. The van der Waals surface area contributed by atoms with E-state index in [1.165, 1.54) is 0 Å². The molecule has 2 rings (SSSR count). The van der Waals surface area contributed by atoms with E-state index in [9.17, 15) is 14.7 Å². The molecule has 0 radical (unpaired) electrons. The summed E-state index contributed by atoms with van der Waals surface area (Å²) in [6, 6.07) is 6.98. The molecule has 0 heterocycles. The highest BCUT2D eigenvalue weighted by atomic mass is 16.3. The molecule has 1 aromatic rings. The summed E-state index contributed by atoms with van der Waals surface area (Å²) >= 11 is 0. The van der Waals surface area contributed by atoms with E-state index in [0.717, 1.165) is 31.2 Å². The minimum absolute atomic E-state index is 0.0735. The van der Waals surface area contributed by atoms with Crippen LogP contribution < -0.4 is 10.6 Å². The molecule has 1 aliphatic rings. The molecule has 1 fully saturated rings. The Bertz CT molecular complexity index is 499. The van der Waals surface area contributed by atoms with Crippen LogP contribution in [0.3, 0.4) is 0 Å². The Hall–Kier alpha value is -1.88. The molecule has 5 heteroatoms. The predicted octanol–water partition coefficient (Wildman–Crippen LogP) is 1.14. The van der Waals surface area contributed by atoms with Crippen LogP contribution in [-0.4, -0.2) is 35.6 Å². The second kappa shape index (κ2) is 7.22. The molecule has 2 unspecified atom stereocenters. The first-order valence-electron chi connectivity index (χ1n) is 7.38. The number of hydrogen-bond acceptors (Lipinski definition) is 3. The monoisotopic (exact) mass is 290 g/mol. The Morgan fingerprint density at radius 2 is 1.86 bits per heavy atom. The van der Waals surface area contributed by atoms with Gasteiger partial charge < -0.3 is 15.7 Å². The lowest BCUT2D eigenvalue weighted by Crippen LogP contribution is -2.48. The van der Waals surface area contributed by atoms with Gasteiger partial charge in [-0.15, -0.1) is 0 Å². The van der Waals surface area contributed by atoms with E-state index in [1.54, 1.807) is 12.1 Å². The van der Waals surface area contributed by atoms with Crippen molar-refractivity contribution in [3.63, 3.8) is 0 Å². The molecular formula is C16H22N2O3. The van der Waals surface area contributed by atoms with Crippen molar-refractivity contribution in [1.82, 2.24) is 10.6 Å². The van der Waals surface area contributed by atoms with Gasteiger partial charge in [0, 0.05) is 5.56 Å². The molecule has 2 amide bonds. The zero-order chi connectivity index (χ0) is 15.2. The molecule has 5 nitrogen and oxygen atoms in total. The number of aliphatic hydroxyl groups excluding tert-OH is 1. The molecule has 0 aromatic heterocycles. The number of carbonyl (C=O) groups excluding carboxylic acids is 2. The van der Waals surface area contributed by atoms with E-state index in [0.29, 0.717) is 5.56 Å². The van der Waals surface area contributed by atoms with Gasteiger partial charge in [-0.25, -0.2) is 0 Å². The van der Waals surface area contributed by atoms with Crippen LogP contribution in [0.4, 0.5) is 0 Å². The summed E-state index contributed by atoms with van der Waals surface area (Å²) in [7, 11) is 0. The number of aryl methyl sites for hydroxylation is 1. The van der Waals surface area contributed by atoms with Crippen molar-refractivity contribution < 1.29 is 14.7 Å². The molecule has 114 valence electrons. The lowest BCUT2D eigenvalue weighted by Gasteiger charge is -2.28. The number of amides is 2. The maximum absolute atomic E-state index is 11.9. The predicted molar refractivity (Wildman–Crippen MR) is 79.9 cm³/mol. The number of hydrogen-bond donors (Lipinski definition) is 3. The van der Waals surface area contributed by atoms with Gasteiger partial charge in [0.1, 0.15) is 0 Å². The number of aliphatic hydroxyl groups is 1. The Morgan fingerprint density at radius 1 is 1.19 bits per heavy atom. The van der Waals surface area contributed by atoms with Crippen LogP contribution in [0.25, 0.3) is 0 Å². The average molecular weight is 290 g/mol. The first kappa shape index (κ1) is 15.5. The van der Waals surface area contributed by atoms with Crippen molar-refractivity contribution in [3.05, 3.63) is 35.4 Å². The topological polar surface area (TPSA) is 78.4 Å². The van der Waals surface area contributed by atoms with Crippen LogP contribution in [0.5, 0.6) is 0 Å². The minimum Gasteiger partial charge on any atom is -0.391 e. The van der Waals surface area contributed by atoms with Crippen LogP contribution in [0.1, 0.15) is 41.6 Å². The van der Waals surface area contributed by atoms with Crippen molar-refractivity contribution in [2.24, 2.45) is 0 Å². The zero-order valence-electron chi connectivity index (χ0n) is 12.3. The van der Waals surface area contributed by atoms with Gasteiger partial charge in [0.05, 0.1) is 18.7 Å². The van der Waals surface area contributed by atoms with Crippen LogP contribution in [0.2, 0.25) is 0 Å². The fourth-order valence-corrected chi connectivity index (χ4v) is 2.51. The molecule has 1 saturated carbocycles. The van der Waals surface area contributed by atoms with E-state index in [1.807, 2.05) is 19.1 Å². The van der Waals surface area contributed by atoms with Crippen LogP contribution in [0.15, 0.2) is 24.3 Å². The Balaban J connectivity index is 1.78. The molecule has 0 spiro atoms. The summed E-state index contributed by atoms with van der Waals surface area (Å²) in [6.45, 7) is 1.88. The number of rotatable bonds is 4. The Morgan fingerprint density at radius 3 is 2.52 bits per heavy atom. The SMILES string of the molecule is Cc1ccc(C(=O)NCC(=O)NC2CCCCC2O)cc1. The fourth-order valence-electron chi connectivity index (χ4n) is 2.51. The van der Waals surface area contributed by atoms with Gasteiger partial charge in [-0.3, -0.25) is 9.59 Å².